The molecular weight excluding hydrogens is 312 g/mol. The van der Waals surface area contributed by atoms with Crippen molar-refractivity contribution < 1.29 is 0 Å². The molecule has 0 aromatic carbocycles. The molecule has 2 bridgehead atoms. The lowest BCUT2D eigenvalue weighted by atomic mass is 9.94. The maximum atomic E-state index is 8.51. The molecule has 1 aliphatic heterocycles. The van der Waals surface area contributed by atoms with Crippen molar-refractivity contribution in [3.8, 4) is 0 Å². The normalized spacial score (nSPS) is 26.2. The second-order valence-corrected chi connectivity index (χ2v) is 6.85. The van der Waals surface area contributed by atoms with Crippen LogP contribution in [0.5, 0.6) is 0 Å². The van der Waals surface area contributed by atoms with E-state index in [0.717, 1.165) is 36.1 Å². The fourth-order valence-corrected chi connectivity index (χ4v) is 4.09. The van der Waals surface area contributed by atoms with Crippen LogP contribution in [-0.2, 0) is 0 Å². The van der Waals surface area contributed by atoms with E-state index in [1.165, 1.54) is 12.8 Å². The average molecular weight is 342 g/mol. The number of hydrogen-bond acceptors (Lipinski definition) is 5. The summed E-state index contributed by atoms with van der Waals surface area (Å²) in [5.74, 6) is 1.49. The summed E-state index contributed by atoms with van der Waals surface area (Å²) in [6, 6.07) is 4.54. The molecule has 1 aromatic rings. The summed E-state index contributed by atoms with van der Waals surface area (Å²) in [5.41, 5.74) is 5.68. The van der Waals surface area contributed by atoms with Crippen molar-refractivity contribution in [1.29, 1.82) is 5.41 Å². The Kier molecular flexibility index (Phi) is 5.94. The number of rotatable bonds is 7. The molecule has 0 spiro atoms. The van der Waals surface area contributed by atoms with Crippen LogP contribution in [0.2, 0.25) is 0 Å². The molecular formula is C19H30N6. The van der Waals surface area contributed by atoms with E-state index in [2.05, 4.69) is 21.4 Å². The van der Waals surface area contributed by atoms with Crippen LogP contribution in [0, 0.1) is 17.2 Å². The van der Waals surface area contributed by atoms with Crippen LogP contribution in [0.4, 0.5) is 0 Å². The smallest absolute Gasteiger partial charge is 0.151 e. The molecule has 3 atom stereocenters. The number of fused-ring (bicyclic) bond motifs is 2. The number of pyridine rings is 1. The predicted octanol–water partition coefficient (Wildman–Crippen LogP) is 1.19. The highest BCUT2D eigenvalue weighted by Crippen LogP contribution is 2.33. The lowest BCUT2D eigenvalue weighted by Crippen LogP contribution is -2.51. The van der Waals surface area contributed by atoms with E-state index in [-0.39, 0.29) is 0 Å². The van der Waals surface area contributed by atoms with Gasteiger partial charge in [-0.1, -0.05) is 12.2 Å². The minimum atomic E-state index is 0.456. The van der Waals surface area contributed by atoms with Crippen molar-refractivity contribution in [3.63, 3.8) is 0 Å². The topological polar surface area (TPSA) is 76.9 Å². The van der Waals surface area contributed by atoms with Gasteiger partial charge in [-0.15, -0.1) is 0 Å². The Balaban J connectivity index is 1.66. The third-order valence-corrected chi connectivity index (χ3v) is 5.28. The molecule has 25 heavy (non-hydrogen) atoms. The summed E-state index contributed by atoms with van der Waals surface area (Å²) in [7, 11) is 1.87. The number of hydrogen-bond donors (Lipinski definition) is 5. The molecule has 5 N–H and O–H groups in total. The number of aromatic nitrogens is 1. The molecule has 1 aromatic heterocycles. The fraction of sp³-hybridized carbons (Fsp3) is 0.526. The first kappa shape index (κ1) is 17.8. The summed E-state index contributed by atoms with van der Waals surface area (Å²) in [6.45, 7) is 4.91. The highest BCUT2D eigenvalue weighted by Gasteiger charge is 2.38. The van der Waals surface area contributed by atoms with Gasteiger partial charge in [0.15, 0.2) is 5.49 Å². The number of piperidine rings is 1. The molecule has 3 rings (SSSR count). The number of nitrogens with one attached hydrogen (secondary N) is 5. The summed E-state index contributed by atoms with van der Waals surface area (Å²) < 4.78 is 1.79. The van der Waals surface area contributed by atoms with E-state index in [1.54, 1.807) is 4.68 Å². The van der Waals surface area contributed by atoms with Crippen LogP contribution < -0.4 is 26.9 Å². The minimum Gasteiger partial charge on any atom is -0.393 e. The lowest BCUT2D eigenvalue weighted by molar-refractivity contribution is 0.275. The minimum absolute atomic E-state index is 0.456. The zero-order chi connectivity index (χ0) is 17.6. The van der Waals surface area contributed by atoms with Crippen LogP contribution in [0.25, 0.3) is 5.57 Å². The van der Waals surface area contributed by atoms with Gasteiger partial charge in [0.2, 0.25) is 0 Å². The highest BCUT2D eigenvalue weighted by atomic mass is 15.4. The van der Waals surface area contributed by atoms with Crippen LogP contribution >= 0.6 is 0 Å². The molecule has 6 heteroatoms. The quantitative estimate of drug-likeness (QED) is 0.381. The van der Waals surface area contributed by atoms with E-state index in [0.29, 0.717) is 18.2 Å². The van der Waals surface area contributed by atoms with Crippen LogP contribution in [-0.4, -0.2) is 37.5 Å². The zero-order valence-electron chi connectivity index (χ0n) is 15.2. The Bertz CT molecular complexity index is 673. The van der Waals surface area contributed by atoms with Gasteiger partial charge in [-0.25, -0.2) is 4.68 Å². The second-order valence-electron chi connectivity index (χ2n) is 6.85. The summed E-state index contributed by atoms with van der Waals surface area (Å²) in [6.07, 6.45) is 10.5. The first-order chi connectivity index (χ1) is 12.2. The third-order valence-electron chi connectivity index (χ3n) is 5.28. The van der Waals surface area contributed by atoms with Gasteiger partial charge in [0.25, 0.3) is 0 Å². The fourth-order valence-electron chi connectivity index (χ4n) is 4.09. The van der Waals surface area contributed by atoms with Crippen molar-refractivity contribution in [2.45, 2.75) is 25.8 Å². The Morgan fingerprint density at radius 1 is 1.36 bits per heavy atom. The summed E-state index contributed by atoms with van der Waals surface area (Å²) >= 11 is 0. The molecule has 1 saturated heterocycles. The van der Waals surface area contributed by atoms with Gasteiger partial charge in [-0.05, 0) is 56.8 Å². The Hall–Kier alpha value is -2.05. The molecule has 0 amide bonds. The first-order valence-corrected chi connectivity index (χ1v) is 9.19. The first-order valence-electron chi connectivity index (χ1n) is 9.19. The molecule has 6 nitrogen and oxygen atoms in total. The molecule has 1 saturated carbocycles. The van der Waals surface area contributed by atoms with Crippen LogP contribution in [0.1, 0.15) is 25.3 Å². The molecule has 2 heterocycles. The lowest BCUT2D eigenvalue weighted by Gasteiger charge is -2.32. The van der Waals surface area contributed by atoms with Gasteiger partial charge in [0.05, 0.1) is 6.67 Å². The van der Waals surface area contributed by atoms with E-state index in [1.807, 2.05) is 50.7 Å². The Morgan fingerprint density at radius 2 is 2.12 bits per heavy atom. The Labute approximate surface area is 149 Å². The van der Waals surface area contributed by atoms with E-state index in [4.69, 9.17) is 5.41 Å². The summed E-state index contributed by atoms with van der Waals surface area (Å²) in [4.78, 5) is 0. The highest BCUT2D eigenvalue weighted by molar-refractivity contribution is 5.72. The molecule has 2 unspecified atom stereocenters. The van der Waals surface area contributed by atoms with Crippen molar-refractivity contribution in [2.75, 3.05) is 32.2 Å². The maximum absolute atomic E-state index is 8.51. The van der Waals surface area contributed by atoms with Crippen LogP contribution in [0.15, 0.2) is 36.7 Å². The predicted molar refractivity (Wildman–Crippen MR) is 102 cm³/mol. The second kappa shape index (κ2) is 8.36. The van der Waals surface area contributed by atoms with Crippen molar-refractivity contribution in [3.05, 3.63) is 47.7 Å². The van der Waals surface area contributed by atoms with Gasteiger partial charge >= 0.3 is 0 Å². The number of allylic oxidation sites excluding steroid dienone is 3. The monoisotopic (exact) mass is 342 g/mol. The average Bonchev–Trinajstić information content (AvgIpc) is 2.83. The van der Waals surface area contributed by atoms with Gasteiger partial charge in [0.1, 0.15) is 0 Å². The van der Waals surface area contributed by atoms with Gasteiger partial charge in [0, 0.05) is 36.6 Å². The van der Waals surface area contributed by atoms with Crippen molar-refractivity contribution in [2.24, 2.45) is 11.8 Å². The van der Waals surface area contributed by atoms with Gasteiger partial charge < -0.3 is 16.1 Å². The van der Waals surface area contributed by atoms with E-state index < -0.39 is 0 Å². The van der Waals surface area contributed by atoms with E-state index in [9.17, 15) is 0 Å². The maximum Gasteiger partial charge on any atom is 0.151 e. The molecule has 2 fully saturated rings. The number of nitrogens with zero attached hydrogens (tertiary/aromatic N) is 1. The standard InChI is InChI=1S/C19H30N6/c1-3-5-14(10-21-2)17-6-4-9-25(19(17)20)24-13-23-18-15-7-8-16(18)12-22-11-15/h3-6,9-10,15-16,18,20-24H,7-8,11-13H2,1-2H3/b5-3-,14-10+,20-19?/t15-,16?,18?/m0/s1. The van der Waals surface area contributed by atoms with Gasteiger partial charge in [-0.3, -0.25) is 10.7 Å². The van der Waals surface area contributed by atoms with Crippen molar-refractivity contribution in [1.82, 2.24) is 20.6 Å². The van der Waals surface area contributed by atoms with E-state index >= 15 is 0 Å². The largest absolute Gasteiger partial charge is 0.393 e. The van der Waals surface area contributed by atoms with Crippen LogP contribution in [0.3, 0.4) is 0 Å². The van der Waals surface area contributed by atoms with Crippen molar-refractivity contribution >= 4 is 5.57 Å². The SMILES string of the molecule is C/C=C\C(=C/NC)c1cccn(NCNC2C3CC[C@H]2CNC3)c1=N. The summed E-state index contributed by atoms with van der Waals surface area (Å²) in [5, 5.41) is 18.8. The third kappa shape index (κ3) is 3.96. The molecule has 0 radical (unpaired) electrons. The molecule has 2 aliphatic rings. The molecule has 136 valence electrons. The zero-order valence-corrected chi connectivity index (χ0v) is 15.2. The Morgan fingerprint density at radius 3 is 2.80 bits per heavy atom. The van der Waals surface area contributed by atoms with Gasteiger partial charge in [-0.2, -0.15) is 0 Å². The molecule has 1 aliphatic carbocycles.